The second kappa shape index (κ2) is 7.24. The fraction of sp³-hybridized carbons (Fsp3) is 0.667. The Morgan fingerprint density at radius 2 is 2.18 bits per heavy atom. The van der Waals surface area contributed by atoms with E-state index < -0.39 is 0 Å². The van der Waals surface area contributed by atoms with Crippen LogP contribution in [0.3, 0.4) is 0 Å². The van der Waals surface area contributed by atoms with Crippen LogP contribution in [0.5, 0.6) is 0 Å². The number of hydrogen-bond acceptors (Lipinski definition) is 5. The first kappa shape index (κ1) is 13.2. The molecule has 0 bridgehead atoms. The molecule has 0 radical (unpaired) electrons. The highest BCUT2D eigenvalue weighted by molar-refractivity contribution is 8.06. The van der Waals surface area contributed by atoms with Gasteiger partial charge in [0, 0.05) is 41.8 Å². The third-order valence-corrected chi connectivity index (χ3v) is 5.34. The van der Waals surface area contributed by atoms with Crippen molar-refractivity contribution >= 4 is 23.5 Å². The third kappa shape index (κ3) is 4.16. The first-order valence-corrected chi connectivity index (χ1v) is 8.31. The predicted octanol–water partition coefficient (Wildman–Crippen LogP) is 2.50. The van der Waals surface area contributed by atoms with Crippen LogP contribution in [-0.2, 0) is 6.54 Å². The topological polar surface area (TPSA) is 37.8 Å². The van der Waals surface area contributed by atoms with Gasteiger partial charge in [0.25, 0.3) is 0 Å². The van der Waals surface area contributed by atoms with E-state index >= 15 is 0 Å². The summed E-state index contributed by atoms with van der Waals surface area (Å²) in [7, 11) is 0. The zero-order valence-corrected chi connectivity index (χ0v) is 11.8. The maximum atomic E-state index is 4.50. The van der Waals surface area contributed by atoms with Gasteiger partial charge in [-0.05, 0) is 13.0 Å². The molecular weight excluding hydrogens is 250 g/mol. The minimum Gasteiger partial charge on any atom is -0.313 e. The predicted molar refractivity (Wildman–Crippen MR) is 76.6 cm³/mol. The van der Waals surface area contributed by atoms with Gasteiger partial charge in [0.05, 0.1) is 5.25 Å². The molecule has 3 nitrogen and oxygen atoms in total. The highest BCUT2D eigenvalue weighted by atomic mass is 32.2. The smallest absolute Gasteiger partial charge is 0.141 e. The summed E-state index contributed by atoms with van der Waals surface area (Å²) in [5.41, 5.74) is 1.18. The van der Waals surface area contributed by atoms with Gasteiger partial charge in [0.2, 0.25) is 0 Å². The van der Waals surface area contributed by atoms with Crippen LogP contribution in [0.1, 0.15) is 30.0 Å². The van der Waals surface area contributed by atoms with Crippen LogP contribution >= 0.6 is 23.5 Å². The Morgan fingerprint density at radius 1 is 1.35 bits per heavy atom. The molecule has 1 N–H and O–H groups in total. The molecule has 1 unspecified atom stereocenters. The zero-order chi connectivity index (χ0) is 11.9. The van der Waals surface area contributed by atoms with E-state index in [0.29, 0.717) is 5.25 Å². The number of nitrogens with zero attached hydrogens (tertiary/aromatic N) is 2. The van der Waals surface area contributed by atoms with E-state index in [9.17, 15) is 0 Å². The van der Waals surface area contributed by atoms with E-state index in [1.165, 1.54) is 17.1 Å². The Morgan fingerprint density at radius 3 is 2.82 bits per heavy atom. The lowest BCUT2D eigenvalue weighted by molar-refractivity contribution is 0.670. The molecule has 5 heteroatoms. The van der Waals surface area contributed by atoms with Crippen LogP contribution in [0.2, 0.25) is 0 Å². The van der Waals surface area contributed by atoms with Crippen LogP contribution in [0, 0.1) is 0 Å². The summed E-state index contributed by atoms with van der Waals surface area (Å²) in [5.74, 6) is 4.64. The number of rotatable bonds is 5. The van der Waals surface area contributed by atoms with E-state index in [1.807, 2.05) is 35.9 Å². The molecule has 0 spiro atoms. The molecule has 1 atom stereocenters. The largest absolute Gasteiger partial charge is 0.313 e. The van der Waals surface area contributed by atoms with E-state index in [-0.39, 0.29) is 0 Å². The van der Waals surface area contributed by atoms with E-state index in [2.05, 4.69) is 22.2 Å². The standard InChI is InChI=1S/C12H19N3S2/c1-2-3-13-6-10-7-14-12(15-8-10)11-9-16-4-5-17-11/h7-8,11,13H,2-6,9H2,1H3. The van der Waals surface area contributed by atoms with Crippen molar-refractivity contribution in [1.29, 1.82) is 0 Å². The van der Waals surface area contributed by atoms with Crippen LogP contribution < -0.4 is 5.32 Å². The summed E-state index contributed by atoms with van der Waals surface area (Å²) in [5, 5.41) is 3.85. The summed E-state index contributed by atoms with van der Waals surface area (Å²) in [6.07, 6.45) is 5.09. The lowest BCUT2D eigenvalue weighted by Gasteiger charge is -2.19. The van der Waals surface area contributed by atoms with E-state index in [0.717, 1.165) is 31.1 Å². The molecule has 1 aromatic rings. The van der Waals surface area contributed by atoms with Crippen molar-refractivity contribution < 1.29 is 0 Å². The summed E-state index contributed by atoms with van der Waals surface area (Å²) >= 11 is 3.99. The Bertz CT molecular complexity index is 323. The monoisotopic (exact) mass is 269 g/mol. The second-order valence-corrected chi connectivity index (χ2v) is 6.52. The third-order valence-electron chi connectivity index (χ3n) is 2.59. The molecule has 94 valence electrons. The van der Waals surface area contributed by atoms with Crippen LogP contribution in [0.4, 0.5) is 0 Å². The molecule has 0 aromatic carbocycles. The Balaban J connectivity index is 1.88. The molecule has 0 aliphatic carbocycles. The zero-order valence-electron chi connectivity index (χ0n) is 10.2. The van der Waals surface area contributed by atoms with Gasteiger partial charge < -0.3 is 5.32 Å². The summed E-state index contributed by atoms with van der Waals surface area (Å²) < 4.78 is 0. The van der Waals surface area contributed by atoms with Crippen molar-refractivity contribution in [3.8, 4) is 0 Å². The van der Waals surface area contributed by atoms with Gasteiger partial charge in [-0.2, -0.15) is 11.8 Å². The molecule has 2 heterocycles. The molecule has 1 fully saturated rings. The lowest BCUT2D eigenvalue weighted by Crippen LogP contribution is -2.15. The number of nitrogens with one attached hydrogen (secondary N) is 1. The normalized spacial score (nSPS) is 20.4. The van der Waals surface area contributed by atoms with Crippen LogP contribution in [-0.4, -0.2) is 33.8 Å². The van der Waals surface area contributed by atoms with Gasteiger partial charge in [0.15, 0.2) is 0 Å². The Labute approximate surface area is 112 Å². The molecule has 1 aliphatic heterocycles. The lowest BCUT2D eigenvalue weighted by atomic mass is 10.3. The average molecular weight is 269 g/mol. The second-order valence-electron chi connectivity index (χ2n) is 4.06. The van der Waals surface area contributed by atoms with Crippen molar-refractivity contribution in [3.63, 3.8) is 0 Å². The molecule has 2 rings (SSSR count). The van der Waals surface area contributed by atoms with Gasteiger partial charge in [-0.3, -0.25) is 0 Å². The minimum absolute atomic E-state index is 0.492. The Hall–Kier alpha value is -0.260. The molecule has 0 amide bonds. The van der Waals surface area contributed by atoms with Crippen molar-refractivity contribution in [2.45, 2.75) is 25.1 Å². The van der Waals surface area contributed by atoms with Crippen LogP contribution in [0.25, 0.3) is 0 Å². The minimum atomic E-state index is 0.492. The summed E-state index contributed by atoms with van der Waals surface area (Å²) in [4.78, 5) is 8.99. The first-order valence-electron chi connectivity index (χ1n) is 6.11. The van der Waals surface area contributed by atoms with Gasteiger partial charge in [0.1, 0.15) is 5.82 Å². The molecular formula is C12H19N3S2. The first-order chi connectivity index (χ1) is 8.40. The van der Waals surface area contributed by atoms with Crippen molar-refractivity contribution in [1.82, 2.24) is 15.3 Å². The molecule has 17 heavy (non-hydrogen) atoms. The molecule has 1 aromatic heterocycles. The van der Waals surface area contributed by atoms with Gasteiger partial charge in [-0.1, -0.05) is 6.92 Å². The van der Waals surface area contributed by atoms with E-state index in [1.54, 1.807) is 0 Å². The fourth-order valence-corrected chi connectivity index (χ4v) is 4.28. The van der Waals surface area contributed by atoms with Crippen molar-refractivity contribution in [2.24, 2.45) is 0 Å². The Kier molecular flexibility index (Phi) is 5.61. The number of aromatic nitrogens is 2. The quantitative estimate of drug-likeness (QED) is 0.831. The number of hydrogen-bond donors (Lipinski definition) is 1. The number of thioether (sulfide) groups is 2. The van der Waals surface area contributed by atoms with Crippen molar-refractivity contribution in [3.05, 3.63) is 23.8 Å². The maximum Gasteiger partial charge on any atom is 0.141 e. The summed E-state index contributed by atoms with van der Waals surface area (Å²) in [6, 6.07) is 0. The highest BCUT2D eigenvalue weighted by Gasteiger charge is 2.18. The van der Waals surface area contributed by atoms with Crippen LogP contribution in [0.15, 0.2) is 12.4 Å². The SMILES string of the molecule is CCCNCc1cnc(C2CSCCS2)nc1. The van der Waals surface area contributed by atoms with Gasteiger partial charge in [-0.25, -0.2) is 9.97 Å². The maximum absolute atomic E-state index is 4.50. The van der Waals surface area contributed by atoms with Gasteiger partial charge in [-0.15, -0.1) is 11.8 Å². The average Bonchev–Trinajstić information content (AvgIpc) is 2.41. The molecule has 1 saturated heterocycles. The molecule has 0 saturated carbocycles. The van der Waals surface area contributed by atoms with Gasteiger partial charge >= 0.3 is 0 Å². The summed E-state index contributed by atoms with van der Waals surface area (Å²) in [6.45, 7) is 4.10. The molecule has 1 aliphatic rings. The highest BCUT2D eigenvalue weighted by Crippen LogP contribution is 2.34. The van der Waals surface area contributed by atoms with Crippen molar-refractivity contribution in [2.75, 3.05) is 23.8 Å². The van der Waals surface area contributed by atoms with E-state index in [4.69, 9.17) is 0 Å². The fourth-order valence-electron chi connectivity index (χ4n) is 1.67.